The summed E-state index contributed by atoms with van der Waals surface area (Å²) < 4.78 is 17.1. The van der Waals surface area contributed by atoms with E-state index in [1.165, 1.54) is 147 Å². The predicted molar refractivity (Wildman–Crippen MR) is 182 cm³/mol. The molecule has 250 valence electrons. The quantitative estimate of drug-likeness (QED) is 0.0751. The molecule has 42 heavy (non-hydrogen) atoms. The van der Waals surface area contributed by atoms with E-state index < -0.39 is 5.60 Å². The van der Waals surface area contributed by atoms with Crippen molar-refractivity contribution >= 4 is 17.9 Å². The van der Waals surface area contributed by atoms with E-state index >= 15 is 0 Å². The zero-order valence-electron chi connectivity index (χ0n) is 28.4. The van der Waals surface area contributed by atoms with E-state index in [1.54, 1.807) is 12.0 Å². The Hall–Kier alpha value is -0.500. The summed E-state index contributed by atoms with van der Waals surface area (Å²) in [7, 11) is 3.49. The lowest BCUT2D eigenvalue weighted by Gasteiger charge is -2.28. The molecule has 6 nitrogen and oxygen atoms in total. The molecule has 0 spiro atoms. The van der Waals surface area contributed by atoms with E-state index in [0.29, 0.717) is 6.61 Å². The third kappa shape index (κ3) is 23.0. The van der Waals surface area contributed by atoms with Gasteiger partial charge in [-0.2, -0.15) is 0 Å². The second-order valence-electron chi connectivity index (χ2n) is 12.9. The molecule has 7 heteroatoms. The highest BCUT2D eigenvalue weighted by Gasteiger charge is 2.27. The Balaban J connectivity index is 1.91. The lowest BCUT2D eigenvalue weighted by atomic mass is 10.0. The molecular weight excluding hydrogens is 544 g/mol. The van der Waals surface area contributed by atoms with Crippen LogP contribution >= 0.6 is 11.8 Å². The third-order valence-electron chi connectivity index (χ3n) is 8.65. The van der Waals surface area contributed by atoms with Crippen LogP contribution in [-0.4, -0.2) is 86.7 Å². The van der Waals surface area contributed by atoms with Crippen molar-refractivity contribution in [3.05, 3.63) is 0 Å². The maximum atomic E-state index is 12.5. The first-order valence-corrected chi connectivity index (χ1v) is 19.0. The monoisotopic (exact) mass is 615 g/mol. The number of hydrogen-bond donors (Lipinski definition) is 0. The number of amides is 1. The Labute approximate surface area is 265 Å². The fraction of sp³-hybridized carbons (Fsp3) is 0.971. The van der Waals surface area contributed by atoms with Gasteiger partial charge in [-0.1, -0.05) is 122 Å². The van der Waals surface area contributed by atoms with Crippen LogP contribution in [0.15, 0.2) is 0 Å². The average Bonchev–Trinajstić information content (AvgIpc) is 3.52. The number of rotatable bonds is 30. The van der Waals surface area contributed by atoms with Crippen molar-refractivity contribution in [1.82, 2.24) is 9.80 Å². The lowest BCUT2D eigenvalue weighted by molar-refractivity contribution is -0.0956. The molecule has 1 aliphatic heterocycles. The summed E-state index contributed by atoms with van der Waals surface area (Å²) in [5, 5.41) is 0. The van der Waals surface area contributed by atoms with Crippen molar-refractivity contribution in [2.75, 3.05) is 65.2 Å². The lowest BCUT2D eigenvalue weighted by Crippen LogP contribution is -2.41. The summed E-state index contributed by atoms with van der Waals surface area (Å²) >= 11 is 2.05. The molecule has 1 atom stereocenters. The number of ether oxygens (including phenoxy) is 3. The Bertz CT molecular complexity index is 606. The van der Waals surface area contributed by atoms with Crippen molar-refractivity contribution < 1.29 is 19.0 Å². The summed E-state index contributed by atoms with van der Waals surface area (Å²) in [5.74, 6) is 2.52. The predicted octanol–water partition coefficient (Wildman–Crippen LogP) is 9.69. The molecule has 0 radical (unpaired) electrons. The second-order valence-corrected chi connectivity index (χ2v) is 14.0. The van der Waals surface area contributed by atoms with Gasteiger partial charge in [0.05, 0.1) is 6.61 Å². The maximum Gasteiger partial charge on any atom is 0.409 e. The summed E-state index contributed by atoms with van der Waals surface area (Å²) in [6.45, 7) is 8.88. The molecule has 1 unspecified atom stereocenters. The number of methoxy groups -OCH3 is 1. The van der Waals surface area contributed by atoms with E-state index in [2.05, 4.69) is 11.8 Å². The average molecular weight is 615 g/mol. The molecule has 0 N–H and O–H groups in total. The van der Waals surface area contributed by atoms with Gasteiger partial charge in [0, 0.05) is 45.5 Å². The van der Waals surface area contributed by atoms with Crippen LogP contribution in [0.2, 0.25) is 0 Å². The van der Waals surface area contributed by atoms with Crippen molar-refractivity contribution in [2.45, 2.75) is 154 Å². The smallest absolute Gasteiger partial charge is 0.409 e. The van der Waals surface area contributed by atoms with Gasteiger partial charge in [0.2, 0.25) is 0 Å². The van der Waals surface area contributed by atoms with E-state index in [0.717, 1.165) is 26.0 Å². The van der Waals surface area contributed by atoms with Gasteiger partial charge in [-0.25, -0.2) is 4.79 Å². The van der Waals surface area contributed by atoms with Gasteiger partial charge < -0.3 is 19.1 Å². The summed E-state index contributed by atoms with van der Waals surface area (Å²) in [4.78, 5) is 16.7. The summed E-state index contributed by atoms with van der Waals surface area (Å²) in [5.41, 5.74) is -0.613. The number of unbranched alkanes of at least 4 members (excludes halogenated alkanes) is 19. The van der Waals surface area contributed by atoms with E-state index in [1.807, 2.05) is 25.7 Å². The number of carbonyl (C=O) groups is 1. The molecule has 1 fully saturated rings. The van der Waals surface area contributed by atoms with Crippen molar-refractivity contribution in [2.24, 2.45) is 0 Å². The number of hydrogen-bond acceptors (Lipinski definition) is 6. The first kappa shape index (κ1) is 39.5. The molecule has 1 heterocycles. The molecular formula is C35H70N2O4S. The van der Waals surface area contributed by atoms with Crippen molar-refractivity contribution in [1.29, 1.82) is 0 Å². The Morgan fingerprint density at radius 1 is 0.762 bits per heavy atom. The van der Waals surface area contributed by atoms with Crippen LogP contribution in [0.5, 0.6) is 0 Å². The minimum atomic E-state index is -0.613. The van der Waals surface area contributed by atoms with Gasteiger partial charge in [-0.3, -0.25) is 4.90 Å². The van der Waals surface area contributed by atoms with Gasteiger partial charge in [-0.05, 0) is 32.7 Å². The van der Waals surface area contributed by atoms with Crippen LogP contribution in [0, 0.1) is 0 Å². The Morgan fingerprint density at radius 2 is 1.29 bits per heavy atom. The van der Waals surface area contributed by atoms with E-state index in [9.17, 15) is 4.79 Å². The standard InChI is InChI=1S/C35H70N2O4S/c1-5-6-7-8-9-10-11-12-13-14-15-16-17-18-20-23-26-36(3)34(38)41-32-35(2,39-4)31-40-29-25-22-19-21-24-27-37-28-30-42-33-37/h5-33H2,1-4H3. The fourth-order valence-electron chi connectivity index (χ4n) is 5.46. The van der Waals surface area contributed by atoms with Crippen LogP contribution in [0.25, 0.3) is 0 Å². The van der Waals surface area contributed by atoms with Crippen LogP contribution < -0.4 is 0 Å². The highest BCUT2D eigenvalue weighted by molar-refractivity contribution is 7.99. The molecule has 0 aromatic rings. The van der Waals surface area contributed by atoms with Gasteiger partial charge in [-0.15, -0.1) is 11.8 Å². The molecule has 0 aliphatic carbocycles. The largest absolute Gasteiger partial charge is 0.446 e. The molecule has 1 saturated heterocycles. The summed E-state index contributed by atoms with van der Waals surface area (Å²) in [6, 6.07) is 0. The van der Waals surface area contributed by atoms with Crippen molar-refractivity contribution in [3.8, 4) is 0 Å². The van der Waals surface area contributed by atoms with Gasteiger partial charge in [0.1, 0.15) is 12.2 Å². The molecule has 1 rings (SSSR count). The minimum absolute atomic E-state index is 0.209. The second kappa shape index (κ2) is 28.0. The number of thioether (sulfide) groups is 1. The maximum absolute atomic E-state index is 12.5. The van der Waals surface area contributed by atoms with E-state index in [-0.39, 0.29) is 12.7 Å². The fourth-order valence-corrected chi connectivity index (χ4v) is 6.49. The summed E-state index contributed by atoms with van der Waals surface area (Å²) in [6.07, 6.45) is 27.6. The highest BCUT2D eigenvalue weighted by Crippen LogP contribution is 2.16. The Kier molecular flexibility index (Phi) is 26.4. The zero-order valence-corrected chi connectivity index (χ0v) is 29.3. The number of nitrogens with zero attached hydrogens (tertiary/aromatic N) is 2. The first-order chi connectivity index (χ1) is 20.5. The highest BCUT2D eigenvalue weighted by atomic mass is 32.2. The van der Waals surface area contributed by atoms with Gasteiger partial charge in [0.25, 0.3) is 0 Å². The van der Waals surface area contributed by atoms with Crippen LogP contribution in [0.1, 0.15) is 149 Å². The molecule has 0 saturated carbocycles. The van der Waals surface area contributed by atoms with Crippen LogP contribution in [0.4, 0.5) is 4.79 Å². The van der Waals surface area contributed by atoms with E-state index in [4.69, 9.17) is 14.2 Å². The molecule has 1 aliphatic rings. The first-order valence-electron chi connectivity index (χ1n) is 17.8. The molecule has 0 bridgehead atoms. The van der Waals surface area contributed by atoms with Crippen LogP contribution in [-0.2, 0) is 14.2 Å². The minimum Gasteiger partial charge on any atom is -0.446 e. The number of carbonyl (C=O) groups excluding carboxylic acids is 1. The Morgan fingerprint density at radius 3 is 1.81 bits per heavy atom. The normalized spacial score (nSPS) is 15.2. The van der Waals surface area contributed by atoms with Gasteiger partial charge in [0.15, 0.2) is 0 Å². The molecule has 0 aromatic carbocycles. The molecule has 0 aromatic heterocycles. The van der Waals surface area contributed by atoms with Crippen molar-refractivity contribution in [3.63, 3.8) is 0 Å². The SMILES string of the molecule is CCCCCCCCCCCCCCCCCCN(C)C(=O)OCC(C)(COCCCCCCCN1CCSC1)OC. The van der Waals surface area contributed by atoms with Crippen LogP contribution in [0.3, 0.4) is 0 Å². The molecule has 1 amide bonds. The van der Waals surface area contributed by atoms with Gasteiger partial charge >= 0.3 is 6.09 Å². The zero-order chi connectivity index (χ0) is 30.6. The third-order valence-corrected chi connectivity index (χ3v) is 9.67. The topological polar surface area (TPSA) is 51.2 Å².